The van der Waals surface area contributed by atoms with E-state index in [0.717, 1.165) is 4.47 Å². The monoisotopic (exact) mass is 442 g/mol. The molecule has 0 aliphatic rings. The van der Waals surface area contributed by atoms with Crippen molar-refractivity contribution in [1.82, 2.24) is 0 Å². The summed E-state index contributed by atoms with van der Waals surface area (Å²) in [6.45, 7) is -1.41. The molecule has 9 heteroatoms. The molecule has 1 N–H and O–H groups in total. The average Bonchev–Trinajstić information content (AvgIpc) is 2.62. The van der Waals surface area contributed by atoms with Crippen molar-refractivity contribution in [3.63, 3.8) is 0 Å². The third-order valence-electron chi connectivity index (χ3n) is 3.29. The third-order valence-corrected chi connectivity index (χ3v) is 3.78. The van der Waals surface area contributed by atoms with Crippen molar-refractivity contribution in [1.29, 1.82) is 0 Å². The Morgan fingerprint density at radius 2 is 2.00 bits per heavy atom. The summed E-state index contributed by atoms with van der Waals surface area (Å²) in [7, 11) is 1.33. The molecule has 0 radical (unpaired) electrons. The average molecular weight is 443 g/mol. The van der Waals surface area contributed by atoms with E-state index in [1.165, 1.54) is 31.5 Å². The van der Waals surface area contributed by atoms with E-state index in [2.05, 4.69) is 31.1 Å². The summed E-state index contributed by atoms with van der Waals surface area (Å²) < 4.78 is 34.8. The van der Waals surface area contributed by atoms with E-state index in [4.69, 9.17) is 9.57 Å². The van der Waals surface area contributed by atoms with E-state index < -0.39 is 12.7 Å². The fourth-order valence-electron chi connectivity index (χ4n) is 2.00. The summed E-state index contributed by atoms with van der Waals surface area (Å²) in [5, 5.41) is 6.45. The first kappa shape index (κ1) is 20.6. The van der Waals surface area contributed by atoms with Gasteiger partial charge in [-0.15, -0.1) is 0 Å². The molecule has 0 aliphatic heterocycles. The lowest BCUT2D eigenvalue weighted by Crippen LogP contribution is -2.26. The summed E-state index contributed by atoms with van der Waals surface area (Å²) in [5.74, 6) is -0.337. The van der Waals surface area contributed by atoms with Crippen molar-refractivity contribution >= 4 is 33.7 Å². The van der Waals surface area contributed by atoms with Gasteiger partial charge in [0.15, 0.2) is 11.5 Å². The molecular formula is C18H17BrF2N2O4. The Bertz CT molecular complexity index is 818. The number of rotatable bonds is 8. The van der Waals surface area contributed by atoms with Crippen LogP contribution in [0.1, 0.15) is 12.5 Å². The van der Waals surface area contributed by atoms with Crippen LogP contribution in [0, 0.1) is 0 Å². The zero-order valence-electron chi connectivity index (χ0n) is 14.5. The van der Waals surface area contributed by atoms with Gasteiger partial charge in [-0.2, -0.15) is 8.78 Å². The second-order valence-electron chi connectivity index (χ2n) is 5.27. The molecule has 1 atom stereocenters. The molecule has 0 heterocycles. The summed E-state index contributed by atoms with van der Waals surface area (Å²) in [6, 6.07) is 11.4. The van der Waals surface area contributed by atoms with Gasteiger partial charge in [0.2, 0.25) is 6.10 Å². The maximum atomic E-state index is 12.3. The number of alkyl halides is 2. The molecule has 0 aliphatic carbocycles. The maximum Gasteiger partial charge on any atom is 0.387 e. The number of hydrogen-bond acceptors (Lipinski definition) is 5. The Morgan fingerprint density at radius 1 is 1.22 bits per heavy atom. The minimum Gasteiger partial charge on any atom is -0.493 e. The van der Waals surface area contributed by atoms with Crippen molar-refractivity contribution < 1.29 is 27.9 Å². The minimum absolute atomic E-state index is 0.0904. The van der Waals surface area contributed by atoms with Gasteiger partial charge in [-0.05, 0) is 43.3 Å². The Kier molecular flexibility index (Phi) is 7.54. The number of anilines is 1. The number of nitrogens with one attached hydrogen (secondary N) is 1. The summed E-state index contributed by atoms with van der Waals surface area (Å²) in [6.07, 6.45) is 0.487. The molecular weight excluding hydrogens is 426 g/mol. The highest BCUT2D eigenvalue weighted by Crippen LogP contribution is 2.29. The molecule has 0 saturated carbocycles. The molecule has 0 bridgehead atoms. The number of oxime groups is 1. The molecule has 27 heavy (non-hydrogen) atoms. The number of benzene rings is 2. The van der Waals surface area contributed by atoms with Crippen molar-refractivity contribution in [3.8, 4) is 11.5 Å². The Hall–Kier alpha value is -2.68. The molecule has 1 amide bonds. The fraction of sp³-hybridized carbons (Fsp3) is 0.222. The van der Waals surface area contributed by atoms with Crippen molar-refractivity contribution in [2.75, 3.05) is 12.4 Å². The number of methoxy groups -OCH3 is 1. The second-order valence-corrected chi connectivity index (χ2v) is 6.19. The molecule has 0 spiro atoms. The second kappa shape index (κ2) is 9.86. The summed E-state index contributed by atoms with van der Waals surface area (Å²) in [5.41, 5.74) is 1.14. The number of carbonyl (C=O) groups is 1. The highest BCUT2D eigenvalue weighted by Gasteiger charge is 2.14. The molecule has 6 nitrogen and oxygen atoms in total. The van der Waals surface area contributed by atoms with Crippen LogP contribution in [0.5, 0.6) is 11.5 Å². The number of ether oxygens (including phenoxy) is 2. The van der Waals surface area contributed by atoms with Crippen LogP contribution in [-0.4, -0.2) is 31.9 Å². The van der Waals surface area contributed by atoms with Crippen LogP contribution in [-0.2, 0) is 9.63 Å². The molecule has 0 fully saturated rings. The molecule has 0 saturated heterocycles. The van der Waals surface area contributed by atoms with E-state index in [-0.39, 0.29) is 17.4 Å². The third kappa shape index (κ3) is 6.52. The van der Waals surface area contributed by atoms with Gasteiger partial charge < -0.3 is 19.6 Å². The van der Waals surface area contributed by atoms with Crippen molar-refractivity contribution in [3.05, 3.63) is 52.5 Å². The fourth-order valence-corrected chi connectivity index (χ4v) is 2.40. The van der Waals surface area contributed by atoms with Crippen molar-refractivity contribution in [2.24, 2.45) is 5.16 Å². The SMILES string of the molecule is COc1cc(/C=N/OC(C)C(=O)Nc2cccc(Br)c2)ccc1OC(F)F. The quantitative estimate of drug-likeness (QED) is 0.484. The van der Waals surface area contributed by atoms with Crippen LogP contribution < -0.4 is 14.8 Å². The zero-order chi connectivity index (χ0) is 19.8. The van der Waals surface area contributed by atoms with Gasteiger partial charge in [-0.25, -0.2) is 0 Å². The highest BCUT2D eigenvalue weighted by atomic mass is 79.9. The predicted molar refractivity (Wildman–Crippen MR) is 101 cm³/mol. The topological polar surface area (TPSA) is 69.2 Å². The van der Waals surface area contributed by atoms with E-state index >= 15 is 0 Å². The van der Waals surface area contributed by atoms with Gasteiger partial charge in [0.05, 0.1) is 13.3 Å². The van der Waals surface area contributed by atoms with Gasteiger partial charge in [0.25, 0.3) is 5.91 Å². The summed E-state index contributed by atoms with van der Waals surface area (Å²) in [4.78, 5) is 17.2. The van der Waals surface area contributed by atoms with Crippen LogP contribution in [0.2, 0.25) is 0 Å². The van der Waals surface area contributed by atoms with Crippen LogP contribution in [0.3, 0.4) is 0 Å². The van der Waals surface area contributed by atoms with Gasteiger partial charge in [0.1, 0.15) is 0 Å². The van der Waals surface area contributed by atoms with E-state index in [1.807, 2.05) is 6.07 Å². The number of amides is 1. The van der Waals surface area contributed by atoms with E-state index in [1.54, 1.807) is 25.1 Å². The largest absolute Gasteiger partial charge is 0.493 e. The Balaban J connectivity index is 1.94. The smallest absolute Gasteiger partial charge is 0.387 e. The lowest BCUT2D eigenvalue weighted by Gasteiger charge is -2.11. The van der Waals surface area contributed by atoms with E-state index in [0.29, 0.717) is 11.3 Å². The first-order valence-electron chi connectivity index (χ1n) is 7.77. The number of nitrogens with zero attached hydrogens (tertiary/aromatic N) is 1. The maximum absolute atomic E-state index is 12.3. The molecule has 1 unspecified atom stereocenters. The lowest BCUT2D eigenvalue weighted by molar-refractivity contribution is -0.126. The highest BCUT2D eigenvalue weighted by molar-refractivity contribution is 9.10. The number of halogens is 3. The molecule has 2 aromatic rings. The molecule has 144 valence electrons. The summed E-state index contributed by atoms with van der Waals surface area (Å²) >= 11 is 3.32. The molecule has 2 rings (SSSR count). The van der Waals surface area contributed by atoms with Gasteiger partial charge in [0, 0.05) is 15.7 Å². The van der Waals surface area contributed by atoms with E-state index in [9.17, 15) is 13.6 Å². The normalized spacial score (nSPS) is 12.1. The molecule has 2 aromatic carbocycles. The number of hydrogen-bond donors (Lipinski definition) is 1. The Labute approximate surface area is 163 Å². The zero-order valence-corrected chi connectivity index (χ0v) is 16.1. The Morgan fingerprint density at radius 3 is 2.67 bits per heavy atom. The predicted octanol–water partition coefficient (Wildman–Crippen LogP) is 4.44. The van der Waals surface area contributed by atoms with Crippen LogP contribution in [0.4, 0.5) is 14.5 Å². The van der Waals surface area contributed by atoms with Gasteiger partial charge >= 0.3 is 6.61 Å². The lowest BCUT2D eigenvalue weighted by atomic mass is 10.2. The number of carbonyl (C=O) groups excluding carboxylic acids is 1. The van der Waals surface area contributed by atoms with Crippen LogP contribution in [0.15, 0.2) is 52.1 Å². The van der Waals surface area contributed by atoms with Gasteiger partial charge in [-0.3, -0.25) is 4.79 Å². The van der Waals surface area contributed by atoms with Crippen LogP contribution in [0.25, 0.3) is 0 Å². The van der Waals surface area contributed by atoms with Crippen LogP contribution >= 0.6 is 15.9 Å². The standard InChI is InChI=1S/C18H17BrF2N2O4/c1-11(17(24)23-14-5-3-4-13(19)9-14)27-22-10-12-6-7-15(26-18(20)21)16(8-12)25-2/h3-11,18H,1-2H3,(H,23,24)/b22-10+. The minimum atomic E-state index is -2.95. The van der Waals surface area contributed by atoms with Crippen molar-refractivity contribution in [2.45, 2.75) is 19.6 Å². The first-order valence-corrected chi connectivity index (χ1v) is 8.57. The molecule has 0 aromatic heterocycles. The first-order chi connectivity index (χ1) is 12.9. The van der Waals surface area contributed by atoms with Gasteiger partial charge in [-0.1, -0.05) is 27.2 Å².